The minimum atomic E-state index is 0.886. The Labute approximate surface area is 166 Å². The second-order valence-electron chi connectivity index (χ2n) is 6.57. The molecule has 0 aliphatic rings. The topological polar surface area (TPSA) is 0 Å². The van der Waals surface area contributed by atoms with E-state index in [1.54, 1.807) is 0 Å². The molecule has 0 spiro atoms. The van der Waals surface area contributed by atoms with E-state index in [0.717, 1.165) is 11.1 Å². The molecule has 0 nitrogen and oxygen atoms in total. The summed E-state index contributed by atoms with van der Waals surface area (Å²) in [7, 11) is 0. The molecule has 132 valence electrons. The molecular formula is C28H20. The van der Waals surface area contributed by atoms with Crippen molar-refractivity contribution in [3.8, 4) is 12.3 Å². The van der Waals surface area contributed by atoms with Crippen LogP contribution in [0, 0.1) is 12.3 Å². The minimum Gasteiger partial charge on any atom is -0.115 e. The van der Waals surface area contributed by atoms with Crippen LogP contribution in [-0.2, 0) is 0 Å². The first-order valence-electron chi connectivity index (χ1n) is 9.34. The van der Waals surface area contributed by atoms with Crippen molar-refractivity contribution in [2.75, 3.05) is 0 Å². The second-order valence-corrected chi connectivity index (χ2v) is 6.57. The fourth-order valence-corrected chi connectivity index (χ4v) is 3.46. The van der Waals surface area contributed by atoms with Gasteiger partial charge in [-0.05, 0) is 45.5 Å². The molecule has 0 unspecified atom stereocenters. The van der Waals surface area contributed by atoms with E-state index in [2.05, 4.69) is 103 Å². The predicted molar refractivity (Wildman–Crippen MR) is 119 cm³/mol. The molecule has 0 saturated carbocycles. The first-order valence-corrected chi connectivity index (χ1v) is 9.34. The smallest absolute Gasteiger partial charge is 0.0243 e. The maximum Gasteiger partial charge on any atom is 0.0243 e. The average molecular weight is 356 g/mol. The highest BCUT2D eigenvalue weighted by Gasteiger charge is 2.15. The second kappa shape index (κ2) is 8.25. The number of hydrogen-bond acceptors (Lipinski definition) is 0. The third kappa shape index (κ3) is 3.65. The minimum absolute atomic E-state index is 0.886. The summed E-state index contributed by atoms with van der Waals surface area (Å²) in [6.07, 6.45) is 5.57. The molecule has 0 heteroatoms. The van der Waals surface area contributed by atoms with E-state index < -0.39 is 0 Å². The Bertz CT molecular complexity index is 1070. The summed E-state index contributed by atoms with van der Waals surface area (Å²) in [6, 6.07) is 39.9. The van der Waals surface area contributed by atoms with Crippen LogP contribution < -0.4 is 0 Å². The van der Waals surface area contributed by atoms with Gasteiger partial charge in [-0.3, -0.25) is 0 Å². The van der Waals surface area contributed by atoms with Crippen LogP contribution in [0.2, 0.25) is 0 Å². The lowest BCUT2D eigenvalue weighted by atomic mass is 9.85. The van der Waals surface area contributed by atoms with Crippen molar-refractivity contribution in [3.63, 3.8) is 0 Å². The van der Waals surface area contributed by atoms with Crippen molar-refractivity contribution in [3.05, 3.63) is 143 Å². The molecule has 0 atom stereocenters. The van der Waals surface area contributed by atoms with E-state index in [4.69, 9.17) is 6.42 Å². The Morgan fingerprint density at radius 3 is 1.07 bits per heavy atom. The van der Waals surface area contributed by atoms with Crippen LogP contribution in [0.4, 0.5) is 0 Å². The molecule has 0 N–H and O–H groups in total. The van der Waals surface area contributed by atoms with Gasteiger partial charge >= 0.3 is 0 Å². The van der Waals surface area contributed by atoms with Crippen LogP contribution in [0.25, 0.3) is 11.1 Å². The highest BCUT2D eigenvalue weighted by molar-refractivity contribution is 6.04. The molecule has 0 radical (unpaired) electrons. The predicted octanol–water partition coefficient (Wildman–Crippen LogP) is 6.68. The van der Waals surface area contributed by atoms with Crippen molar-refractivity contribution >= 4 is 11.1 Å². The van der Waals surface area contributed by atoms with Gasteiger partial charge in [0, 0.05) is 5.56 Å². The third-order valence-corrected chi connectivity index (χ3v) is 4.78. The molecule has 0 aromatic heterocycles. The van der Waals surface area contributed by atoms with Gasteiger partial charge < -0.3 is 0 Å². The van der Waals surface area contributed by atoms with Crippen molar-refractivity contribution < 1.29 is 0 Å². The highest BCUT2D eigenvalue weighted by atomic mass is 14.2. The zero-order valence-electron chi connectivity index (χ0n) is 15.5. The molecule has 4 aromatic carbocycles. The van der Waals surface area contributed by atoms with Gasteiger partial charge in [0.2, 0.25) is 0 Å². The lowest BCUT2D eigenvalue weighted by Gasteiger charge is -2.18. The van der Waals surface area contributed by atoms with E-state index in [1.807, 2.05) is 18.2 Å². The Morgan fingerprint density at radius 1 is 0.429 bits per heavy atom. The zero-order chi connectivity index (χ0) is 19.2. The quantitative estimate of drug-likeness (QED) is 0.283. The standard InChI is InChI=1S/C28H20/c1-2-22-18-20-26(21-19-22)28(25-16-10-5-11-17-25)27(23-12-6-3-7-13-23)24-14-8-4-9-15-24/h1,3-21H. The summed E-state index contributed by atoms with van der Waals surface area (Å²) >= 11 is 0. The van der Waals surface area contributed by atoms with E-state index in [1.165, 1.54) is 27.8 Å². The highest BCUT2D eigenvalue weighted by Crippen LogP contribution is 2.36. The number of hydrogen-bond donors (Lipinski definition) is 0. The Morgan fingerprint density at radius 2 is 0.750 bits per heavy atom. The number of terminal acetylenes is 1. The number of rotatable bonds is 4. The Balaban J connectivity index is 2.07. The molecular weight excluding hydrogens is 336 g/mol. The molecule has 0 aliphatic heterocycles. The van der Waals surface area contributed by atoms with Crippen LogP contribution in [0.3, 0.4) is 0 Å². The lowest BCUT2D eigenvalue weighted by molar-refractivity contribution is 1.49. The lowest BCUT2D eigenvalue weighted by Crippen LogP contribution is -1.97. The molecule has 0 bridgehead atoms. The molecule has 0 fully saturated rings. The largest absolute Gasteiger partial charge is 0.115 e. The van der Waals surface area contributed by atoms with Gasteiger partial charge in [0.25, 0.3) is 0 Å². The van der Waals surface area contributed by atoms with E-state index in [9.17, 15) is 0 Å². The fraction of sp³-hybridized carbons (Fsp3) is 0. The van der Waals surface area contributed by atoms with Gasteiger partial charge in [-0.2, -0.15) is 0 Å². The first kappa shape index (κ1) is 17.6. The molecule has 0 heterocycles. The van der Waals surface area contributed by atoms with Crippen LogP contribution >= 0.6 is 0 Å². The third-order valence-electron chi connectivity index (χ3n) is 4.78. The van der Waals surface area contributed by atoms with Gasteiger partial charge in [0.1, 0.15) is 0 Å². The van der Waals surface area contributed by atoms with Gasteiger partial charge in [-0.15, -0.1) is 6.42 Å². The molecule has 0 amide bonds. The van der Waals surface area contributed by atoms with E-state index >= 15 is 0 Å². The molecule has 4 aromatic rings. The summed E-state index contributed by atoms with van der Waals surface area (Å²) in [6.45, 7) is 0. The maximum atomic E-state index is 5.57. The maximum absolute atomic E-state index is 5.57. The summed E-state index contributed by atoms with van der Waals surface area (Å²) in [4.78, 5) is 0. The zero-order valence-corrected chi connectivity index (χ0v) is 15.5. The molecule has 4 rings (SSSR count). The van der Waals surface area contributed by atoms with E-state index in [0.29, 0.717) is 0 Å². The summed E-state index contributed by atoms with van der Waals surface area (Å²) in [5, 5.41) is 0. The van der Waals surface area contributed by atoms with Crippen LogP contribution in [-0.4, -0.2) is 0 Å². The van der Waals surface area contributed by atoms with Crippen molar-refractivity contribution in [1.29, 1.82) is 0 Å². The Hall–Kier alpha value is -3.82. The fourth-order valence-electron chi connectivity index (χ4n) is 3.46. The summed E-state index contributed by atoms with van der Waals surface area (Å²) < 4.78 is 0. The molecule has 0 saturated heterocycles. The van der Waals surface area contributed by atoms with Crippen LogP contribution in [0.15, 0.2) is 115 Å². The first-order chi connectivity index (χ1) is 13.9. The van der Waals surface area contributed by atoms with Gasteiger partial charge in [0.05, 0.1) is 0 Å². The van der Waals surface area contributed by atoms with Crippen LogP contribution in [0.1, 0.15) is 27.8 Å². The normalized spacial score (nSPS) is 10.1. The SMILES string of the molecule is C#Cc1ccc(C(=C(c2ccccc2)c2ccccc2)c2ccccc2)cc1. The summed E-state index contributed by atoms with van der Waals surface area (Å²) in [5.74, 6) is 2.71. The Kier molecular flexibility index (Phi) is 5.18. The van der Waals surface area contributed by atoms with Gasteiger partial charge in [-0.25, -0.2) is 0 Å². The monoisotopic (exact) mass is 356 g/mol. The number of benzene rings is 4. The average Bonchev–Trinajstić information content (AvgIpc) is 2.79. The van der Waals surface area contributed by atoms with Crippen LogP contribution in [0.5, 0.6) is 0 Å². The molecule has 0 aliphatic carbocycles. The van der Waals surface area contributed by atoms with Gasteiger partial charge in [0.15, 0.2) is 0 Å². The van der Waals surface area contributed by atoms with Crippen molar-refractivity contribution in [2.45, 2.75) is 0 Å². The van der Waals surface area contributed by atoms with Crippen molar-refractivity contribution in [1.82, 2.24) is 0 Å². The molecule has 28 heavy (non-hydrogen) atoms. The van der Waals surface area contributed by atoms with E-state index in [-0.39, 0.29) is 0 Å². The van der Waals surface area contributed by atoms with Crippen molar-refractivity contribution in [2.24, 2.45) is 0 Å². The summed E-state index contributed by atoms with van der Waals surface area (Å²) in [5.41, 5.74) is 7.99. The van der Waals surface area contributed by atoms with Gasteiger partial charge in [-0.1, -0.05) is 109 Å².